The Morgan fingerprint density at radius 1 is 1.40 bits per heavy atom. The van der Waals surface area contributed by atoms with E-state index in [0.717, 1.165) is 19.3 Å². The second-order valence-electron chi connectivity index (χ2n) is 3.33. The molecule has 0 aliphatic heterocycles. The second-order valence-corrected chi connectivity index (χ2v) is 3.33. The number of hydrogen-bond donors (Lipinski definition) is 0. The lowest BCUT2D eigenvalue weighted by molar-refractivity contribution is 0.0974. The summed E-state index contributed by atoms with van der Waals surface area (Å²) in [5.41, 5.74) is 0.443. The highest BCUT2D eigenvalue weighted by Crippen LogP contribution is 2.10. The van der Waals surface area contributed by atoms with E-state index in [1.807, 2.05) is 0 Å². The number of carbonyl (C=O) groups excluding carboxylic acids is 1. The molecule has 0 bridgehead atoms. The van der Waals surface area contributed by atoms with Crippen LogP contribution in [0.4, 0.5) is 0 Å². The first-order valence-electron chi connectivity index (χ1n) is 5.17. The van der Waals surface area contributed by atoms with Gasteiger partial charge >= 0.3 is 0 Å². The predicted molar refractivity (Wildman–Crippen MR) is 57.1 cm³/mol. The molecule has 15 heavy (non-hydrogen) atoms. The second kappa shape index (κ2) is 6.11. The van der Waals surface area contributed by atoms with Crippen molar-refractivity contribution in [1.82, 2.24) is 9.97 Å². The highest BCUT2D eigenvalue weighted by atomic mass is 16.5. The molecular weight excluding hydrogens is 192 g/mol. The average molecular weight is 208 g/mol. The lowest BCUT2D eigenvalue weighted by Crippen LogP contribution is -2.03. The first-order valence-corrected chi connectivity index (χ1v) is 5.17. The molecule has 0 unspecified atom stereocenters. The first-order chi connectivity index (χ1) is 7.27. The van der Waals surface area contributed by atoms with Crippen molar-refractivity contribution in [2.24, 2.45) is 0 Å². The molecule has 0 aliphatic rings. The summed E-state index contributed by atoms with van der Waals surface area (Å²) in [6, 6.07) is 1.58. The maximum atomic E-state index is 11.6. The topological polar surface area (TPSA) is 52.1 Å². The molecule has 0 N–H and O–H groups in total. The van der Waals surface area contributed by atoms with Crippen molar-refractivity contribution in [3.63, 3.8) is 0 Å². The third kappa shape index (κ3) is 3.65. The van der Waals surface area contributed by atoms with Crippen LogP contribution in [0.15, 0.2) is 12.4 Å². The van der Waals surface area contributed by atoms with Crippen LogP contribution in [0, 0.1) is 0 Å². The van der Waals surface area contributed by atoms with E-state index in [2.05, 4.69) is 16.9 Å². The summed E-state index contributed by atoms with van der Waals surface area (Å²) in [5, 5.41) is 0. The quantitative estimate of drug-likeness (QED) is 0.531. The summed E-state index contributed by atoms with van der Waals surface area (Å²) < 4.78 is 4.93. The van der Waals surface area contributed by atoms with E-state index in [-0.39, 0.29) is 5.78 Å². The fourth-order valence-corrected chi connectivity index (χ4v) is 1.27. The van der Waals surface area contributed by atoms with E-state index in [1.54, 1.807) is 6.07 Å². The Balaban J connectivity index is 2.57. The minimum absolute atomic E-state index is 0.0594. The summed E-state index contributed by atoms with van der Waals surface area (Å²) in [4.78, 5) is 19.4. The molecule has 0 atom stereocenters. The van der Waals surface area contributed by atoms with Gasteiger partial charge in [-0.25, -0.2) is 9.97 Å². The molecule has 0 amide bonds. The SMILES string of the molecule is CCCCCC(=O)c1cc(OC)ncn1. The molecule has 0 saturated carbocycles. The summed E-state index contributed by atoms with van der Waals surface area (Å²) in [6.07, 6.45) is 5.01. The van der Waals surface area contributed by atoms with E-state index >= 15 is 0 Å². The van der Waals surface area contributed by atoms with Crippen molar-refractivity contribution >= 4 is 5.78 Å². The summed E-state index contributed by atoms with van der Waals surface area (Å²) >= 11 is 0. The monoisotopic (exact) mass is 208 g/mol. The lowest BCUT2D eigenvalue weighted by Gasteiger charge is -2.01. The molecule has 0 radical (unpaired) electrons. The van der Waals surface area contributed by atoms with Gasteiger partial charge in [-0.3, -0.25) is 4.79 Å². The van der Waals surface area contributed by atoms with Gasteiger partial charge in [-0.15, -0.1) is 0 Å². The van der Waals surface area contributed by atoms with Crippen molar-refractivity contribution in [3.8, 4) is 5.88 Å². The molecule has 4 heteroatoms. The predicted octanol–water partition coefficient (Wildman–Crippen LogP) is 2.25. The first kappa shape index (κ1) is 11.6. The van der Waals surface area contributed by atoms with Gasteiger partial charge in [0.05, 0.1) is 7.11 Å². The Morgan fingerprint density at radius 2 is 2.20 bits per heavy atom. The van der Waals surface area contributed by atoms with Crippen molar-refractivity contribution < 1.29 is 9.53 Å². The van der Waals surface area contributed by atoms with Gasteiger partial charge in [0.15, 0.2) is 5.78 Å². The van der Waals surface area contributed by atoms with Crippen LogP contribution in [0.1, 0.15) is 43.1 Å². The standard InChI is InChI=1S/C11H16N2O2/c1-3-4-5-6-10(14)9-7-11(15-2)13-8-12-9/h7-8H,3-6H2,1-2H3. The van der Waals surface area contributed by atoms with Gasteiger partial charge in [0.25, 0.3) is 0 Å². The van der Waals surface area contributed by atoms with Crippen molar-refractivity contribution in [3.05, 3.63) is 18.1 Å². The summed E-state index contributed by atoms with van der Waals surface area (Å²) in [6.45, 7) is 2.11. The molecule has 0 spiro atoms. The largest absolute Gasteiger partial charge is 0.481 e. The number of methoxy groups -OCH3 is 1. The molecule has 1 heterocycles. The minimum atomic E-state index is 0.0594. The van der Waals surface area contributed by atoms with Crippen LogP contribution in [0.25, 0.3) is 0 Å². The number of rotatable bonds is 6. The number of ketones is 1. The zero-order valence-electron chi connectivity index (χ0n) is 9.19. The zero-order chi connectivity index (χ0) is 11.1. The van der Waals surface area contributed by atoms with E-state index in [9.17, 15) is 4.79 Å². The van der Waals surface area contributed by atoms with Crippen LogP contribution >= 0.6 is 0 Å². The fraction of sp³-hybridized carbons (Fsp3) is 0.545. The third-order valence-electron chi connectivity index (χ3n) is 2.14. The molecule has 0 aromatic carbocycles. The zero-order valence-corrected chi connectivity index (χ0v) is 9.19. The van der Waals surface area contributed by atoms with E-state index in [1.165, 1.54) is 13.4 Å². The van der Waals surface area contributed by atoms with Crippen LogP contribution in [-0.2, 0) is 0 Å². The van der Waals surface area contributed by atoms with E-state index in [4.69, 9.17) is 4.74 Å². The number of carbonyl (C=O) groups is 1. The van der Waals surface area contributed by atoms with E-state index in [0.29, 0.717) is 18.0 Å². The Hall–Kier alpha value is -1.45. The summed E-state index contributed by atoms with van der Waals surface area (Å²) in [5.74, 6) is 0.494. The van der Waals surface area contributed by atoms with Crippen LogP contribution in [0.2, 0.25) is 0 Å². The molecular formula is C11H16N2O2. The van der Waals surface area contributed by atoms with E-state index < -0.39 is 0 Å². The Morgan fingerprint density at radius 3 is 2.87 bits per heavy atom. The average Bonchev–Trinajstić information content (AvgIpc) is 2.29. The Kier molecular flexibility index (Phi) is 4.74. The summed E-state index contributed by atoms with van der Waals surface area (Å²) in [7, 11) is 1.52. The maximum Gasteiger partial charge on any atom is 0.216 e. The number of Topliss-reactive ketones (excluding diaryl/α,β-unsaturated/α-hetero) is 1. The lowest BCUT2D eigenvalue weighted by atomic mass is 10.1. The molecule has 82 valence electrons. The Labute approximate surface area is 89.7 Å². The number of ether oxygens (including phenoxy) is 1. The van der Waals surface area contributed by atoms with Crippen LogP contribution in [0.5, 0.6) is 5.88 Å². The van der Waals surface area contributed by atoms with Crippen molar-refractivity contribution in [1.29, 1.82) is 0 Å². The van der Waals surface area contributed by atoms with Gasteiger partial charge in [0.1, 0.15) is 12.0 Å². The highest BCUT2D eigenvalue weighted by Gasteiger charge is 2.08. The van der Waals surface area contributed by atoms with Gasteiger partial charge in [-0.2, -0.15) is 0 Å². The maximum absolute atomic E-state index is 11.6. The minimum Gasteiger partial charge on any atom is -0.481 e. The normalized spacial score (nSPS) is 10.0. The third-order valence-corrected chi connectivity index (χ3v) is 2.14. The van der Waals surface area contributed by atoms with Gasteiger partial charge in [0, 0.05) is 12.5 Å². The molecule has 0 aliphatic carbocycles. The smallest absolute Gasteiger partial charge is 0.216 e. The highest BCUT2D eigenvalue weighted by molar-refractivity contribution is 5.94. The van der Waals surface area contributed by atoms with Crippen LogP contribution in [-0.4, -0.2) is 22.9 Å². The molecule has 1 rings (SSSR count). The van der Waals surface area contributed by atoms with Crippen LogP contribution < -0.4 is 4.74 Å². The van der Waals surface area contributed by atoms with Crippen LogP contribution in [0.3, 0.4) is 0 Å². The number of hydrogen-bond acceptors (Lipinski definition) is 4. The van der Waals surface area contributed by atoms with Gasteiger partial charge in [-0.1, -0.05) is 19.8 Å². The van der Waals surface area contributed by atoms with Crippen molar-refractivity contribution in [2.45, 2.75) is 32.6 Å². The molecule has 1 aromatic heterocycles. The molecule has 1 aromatic rings. The van der Waals surface area contributed by atoms with Gasteiger partial charge in [0.2, 0.25) is 5.88 Å². The molecule has 4 nitrogen and oxygen atoms in total. The molecule has 0 fully saturated rings. The fourth-order valence-electron chi connectivity index (χ4n) is 1.27. The van der Waals surface area contributed by atoms with Gasteiger partial charge in [-0.05, 0) is 6.42 Å². The Bertz CT molecular complexity index is 326. The van der Waals surface area contributed by atoms with Crippen molar-refractivity contribution in [2.75, 3.05) is 7.11 Å². The number of aromatic nitrogens is 2. The molecule has 0 saturated heterocycles. The van der Waals surface area contributed by atoms with Gasteiger partial charge < -0.3 is 4.74 Å². The number of unbranched alkanes of at least 4 members (excludes halogenated alkanes) is 2. The number of nitrogens with zero attached hydrogens (tertiary/aromatic N) is 2.